The smallest absolute Gasteiger partial charge is 0.231 e. The number of carbonyl (C=O) groups is 1. The van der Waals surface area contributed by atoms with Gasteiger partial charge in [-0.05, 0) is 108 Å². The molecular weight excluding hydrogens is 556 g/mol. The molecule has 1 amide bonds. The molecule has 3 aromatic carbocycles. The van der Waals surface area contributed by atoms with Gasteiger partial charge in [0, 0.05) is 24.2 Å². The monoisotopic (exact) mass is 596 g/mol. The molecule has 6 nitrogen and oxygen atoms in total. The second-order valence-electron chi connectivity index (χ2n) is 10.3. The number of rotatable bonds is 11. The van der Waals surface area contributed by atoms with E-state index in [1.54, 1.807) is 0 Å². The van der Waals surface area contributed by atoms with Gasteiger partial charge in [0.2, 0.25) is 13.2 Å². The van der Waals surface area contributed by atoms with Gasteiger partial charge in [-0.25, -0.2) is 0 Å². The van der Waals surface area contributed by atoms with Crippen molar-refractivity contribution in [2.24, 2.45) is 5.73 Å². The van der Waals surface area contributed by atoms with Crippen molar-refractivity contribution >= 4 is 29.8 Å². The number of nitrogens with two attached hydrogens (primary N) is 1. The molecule has 2 heterocycles. The molecule has 1 fully saturated rings. The normalized spacial score (nSPS) is 17.7. The number of nitrogens with zero attached hydrogens (tertiary/aromatic N) is 1. The van der Waals surface area contributed by atoms with Crippen molar-refractivity contribution in [1.82, 2.24) is 4.90 Å². The van der Waals surface area contributed by atoms with E-state index >= 15 is 0 Å². The van der Waals surface area contributed by atoms with Gasteiger partial charge in [-0.1, -0.05) is 43.6 Å². The topological polar surface area (TPSA) is 74.0 Å². The second kappa shape index (κ2) is 15.4. The van der Waals surface area contributed by atoms with Gasteiger partial charge in [0.05, 0.1) is 6.61 Å². The summed E-state index contributed by atoms with van der Waals surface area (Å²) in [5.74, 6) is 4.19. The molecule has 3 aromatic rings. The molecule has 2 aliphatic heterocycles. The number of hydrogen-bond donors (Lipinski definition) is 1. The summed E-state index contributed by atoms with van der Waals surface area (Å²) in [6, 6.07) is 19.9. The third-order valence-corrected chi connectivity index (χ3v) is 8.74. The van der Waals surface area contributed by atoms with Crippen LogP contribution in [-0.4, -0.2) is 43.3 Å². The number of benzene rings is 3. The lowest BCUT2D eigenvalue weighted by molar-refractivity contribution is -0.106. The molecule has 0 aromatic heterocycles. The number of halogens is 1. The van der Waals surface area contributed by atoms with Crippen LogP contribution in [0, 0.1) is 0 Å². The van der Waals surface area contributed by atoms with Crippen molar-refractivity contribution in [2.45, 2.75) is 58.0 Å². The lowest BCUT2D eigenvalue weighted by Crippen LogP contribution is -2.25. The first-order chi connectivity index (χ1) is 20.0. The Morgan fingerprint density at radius 2 is 1.68 bits per heavy atom. The lowest BCUT2D eigenvalue weighted by Gasteiger charge is -2.27. The van der Waals surface area contributed by atoms with Gasteiger partial charge in [0.15, 0.2) is 11.5 Å². The molecular formula is C33H41ClN2O4S. The van der Waals surface area contributed by atoms with Crippen molar-refractivity contribution in [1.29, 1.82) is 0 Å². The molecule has 0 saturated carbocycles. The SMILES string of the molecule is CCc1cc(Cl)cc(CC)c1CN1C[C@H](c2ccc3c(c2)OCO3)C[C@@H]1c1ccc(OCCCSC)cc1.NC=O. The first-order valence-corrected chi connectivity index (χ1v) is 16.1. The number of amides is 1. The predicted octanol–water partition coefficient (Wildman–Crippen LogP) is 7.16. The van der Waals surface area contributed by atoms with Crippen molar-refractivity contribution in [2.75, 3.05) is 32.0 Å². The van der Waals surface area contributed by atoms with E-state index in [0.29, 0.717) is 18.8 Å². The molecule has 0 bridgehead atoms. The second-order valence-corrected chi connectivity index (χ2v) is 11.7. The first-order valence-electron chi connectivity index (χ1n) is 14.3. The van der Waals surface area contributed by atoms with Gasteiger partial charge >= 0.3 is 0 Å². The molecule has 0 radical (unpaired) electrons. The van der Waals surface area contributed by atoms with E-state index in [-0.39, 0.29) is 6.41 Å². The van der Waals surface area contributed by atoms with E-state index in [0.717, 1.165) is 73.4 Å². The highest BCUT2D eigenvalue weighted by Crippen LogP contribution is 2.44. The minimum absolute atomic E-state index is 0.250. The van der Waals surface area contributed by atoms with Crippen LogP contribution in [0.4, 0.5) is 0 Å². The van der Waals surface area contributed by atoms with Crippen LogP contribution in [0.15, 0.2) is 54.6 Å². The number of thioether (sulfide) groups is 1. The highest BCUT2D eigenvalue weighted by molar-refractivity contribution is 7.98. The summed E-state index contributed by atoms with van der Waals surface area (Å²) in [6.45, 7) is 7.43. The first kappa shape index (κ1) is 31.1. The summed E-state index contributed by atoms with van der Waals surface area (Å²) >= 11 is 8.35. The van der Waals surface area contributed by atoms with Gasteiger partial charge in [-0.2, -0.15) is 11.8 Å². The van der Waals surface area contributed by atoms with Crippen LogP contribution in [0.3, 0.4) is 0 Å². The van der Waals surface area contributed by atoms with E-state index in [4.69, 9.17) is 30.6 Å². The van der Waals surface area contributed by atoms with E-state index in [1.165, 1.54) is 27.8 Å². The van der Waals surface area contributed by atoms with Crippen LogP contribution in [0.2, 0.25) is 5.02 Å². The standard InChI is InChI=1S/C32H38ClNO3S.CH3NO/c1-4-22-15-27(33)16-23(5-2)29(22)20-34-19-26(25-9-12-31-32(18-25)37-21-36-31)17-30(34)24-7-10-28(11-8-24)35-13-6-14-38-3;2-1-3/h7-12,15-16,18,26,30H,4-6,13-14,17,19-21H2,1-3H3;1H,(H2,2,3)/t26-,30-;/m1./s1. The van der Waals surface area contributed by atoms with E-state index in [9.17, 15) is 0 Å². The average Bonchev–Trinajstić information content (AvgIpc) is 3.63. The Balaban J connectivity index is 0.00000124. The van der Waals surface area contributed by atoms with Crippen molar-refractivity contribution < 1.29 is 19.0 Å². The van der Waals surface area contributed by atoms with Crippen molar-refractivity contribution in [3.05, 3.63) is 87.4 Å². The molecule has 5 rings (SSSR count). The fraction of sp³-hybridized carbons (Fsp3) is 0.424. The van der Waals surface area contributed by atoms with Gasteiger partial charge < -0.3 is 19.9 Å². The van der Waals surface area contributed by atoms with Crippen molar-refractivity contribution in [3.63, 3.8) is 0 Å². The molecule has 220 valence electrons. The lowest BCUT2D eigenvalue weighted by atomic mass is 9.93. The Labute approximate surface area is 253 Å². The zero-order chi connectivity index (χ0) is 29.2. The quantitative estimate of drug-likeness (QED) is 0.187. The Morgan fingerprint density at radius 1 is 1.02 bits per heavy atom. The molecule has 8 heteroatoms. The van der Waals surface area contributed by atoms with Gasteiger partial charge in [-0.15, -0.1) is 0 Å². The molecule has 2 aliphatic rings. The van der Waals surface area contributed by atoms with Crippen LogP contribution in [0.1, 0.15) is 66.5 Å². The fourth-order valence-corrected chi connectivity index (χ4v) is 6.48. The van der Waals surface area contributed by atoms with E-state index in [2.05, 4.69) is 85.3 Å². The summed E-state index contributed by atoms with van der Waals surface area (Å²) in [5, 5.41) is 0.840. The zero-order valence-electron chi connectivity index (χ0n) is 24.2. The zero-order valence-corrected chi connectivity index (χ0v) is 25.8. The Bertz CT molecular complexity index is 1260. The Kier molecular flexibility index (Phi) is 11.7. The fourth-order valence-electron chi connectivity index (χ4n) is 5.81. The summed E-state index contributed by atoms with van der Waals surface area (Å²) in [6.07, 6.45) is 6.47. The maximum atomic E-state index is 8.58. The molecule has 2 N–H and O–H groups in total. The summed E-state index contributed by atoms with van der Waals surface area (Å²) < 4.78 is 17.3. The molecule has 41 heavy (non-hydrogen) atoms. The summed E-state index contributed by atoms with van der Waals surface area (Å²) in [5.41, 5.74) is 11.0. The van der Waals surface area contributed by atoms with E-state index in [1.807, 2.05) is 11.8 Å². The largest absolute Gasteiger partial charge is 0.494 e. The maximum absolute atomic E-state index is 8.58. The molecule has 0 aliphatic carbocycles. The highest BCUT2D eigenvalue weighted by atomic mass is 35.5. The van der Waals surface area contributed by atoms with Gasteiger partial charge in [0.25, 0.3) is 0 Å². The van der Waals surface area contributed by atoms with E-state index < -0.39 is 0 Å². The van der Waals surface area contributed by atoms with Crippen LogP contribution < -0.4 is 19.9 Å². The minimum atomic E-state index is 0.250. The van der Waals surface area contributed by atoms with Gasteiger partial charge in [-0.3, -0.25) is 9.69 Å². The summed E-state index contributed by atoms with van der Waals surface area (Å²) in [7, 11) is 0. The van der Waals surface area contributed by atoms with Crippen LogP contribution >= 0.6 is 23.4 Å². The third-order valence-electron chi connectivity index (χ3n) is 7.82. The van der Waals surface area contributed by atoms with Crippen LogP contribution in [0.25, 0.3) is 0 Å². The molecule has 0 spiro atoms. The van der Waals surface area contributed by atoms with Crippen LogP contribution in [-0.2, 0) is 24.2 Å². The Morgan fingerprint density at radius 3 is 2.34 bits per heavy atom. The van der Waals surface area contributed by atoms with Crippen LogP contribution in [0.5, 0.6) is 17.2 Å². The summed E-state index contributed by atoms with van der Waals surface area (Å²) in [4.78, 5) is 11.2. The maximum Gasteiger partial charge on any atom is 0.231 e. The molecule has 0 unspecified atom stereocenters. The number of hydrogen-bond acceptors (Lipinski definition) is 6. The van der Waals surface area contributed by atoms with Gasteiger partial charge in [0.1, 0.15) is 5.75 Å². The minimum Gasteiger partial charge on any atom is -0.494 e. The molecule has 1 saturated heterocycles. The van der Waals surface area contributed by atoms with Crippen molar-refractivity contribution in [3.8, 4) is 17.2 Å². The Hall–Kier alpha value is -2.87. The molecule has 2 atom stereocenters. The highest BCUT2D eigenvalue weighted by Gasteiger charge is 2.35. The third kappa shape index (κ3) is 7.91. The number of likely N-dealkylation sites (tertiary alicyclic amines) is 1. The number of carbonyl (C=O) groups excluding carboxylic acids is 1. The number of aryl methyl sites for hydroxylation is 2. The predicted molar refractivity (Wildman–Crippen MR) is 168 cm³/mol. The number of fused-ring (bicyclic) bond motifs is 1. The number of ether oxygens (including phenoxy) is 3. The average molecular weight is 597 g/mol. The number of primary amides is 1.